The Morgan fingerprint density at radius 2 is 2.37 bits per heavy atom. The summed E-state index contributed by atoms with van der Waals surface area (Å²) < 4.78 is 5.15. The number of carbonyl (C=O) groups is 1. The van der Waals surface area contributed by atoms with E-state index in [-0.39, 0.29) is 19.1 Å². The highest BCUT2D eigenvalue weighted by Gasteiger charge is 2.32. The van der Waals surface area contributed by atoms with E-state index in [1.54, 1.807) is 12.3 Å². The molecule has 1 atom stereocenters. The molecule has 1 aliphatic rings. The average molecular weight is 260 g/mol. The van der Waals surface area contributed by atoms with Gasteiger partial charge in [0.15, 0.2) is 0 Å². The number of nitrogens with one attached hydrogen (secondary N) is 2. The van der Waals surface area contributed by atoms with Crippen LogP contribution in [-0.4, -0.2) is 41.4 Å². The quantitative estimate of drug-likeness (QED) is 0.772. The van der Waals surface area contributed by atoms with Gasteiger partial charge in [0.2, 0.25) is 0 Å². The highest BCUT2D eigenvalue weighted by Crippen LogP contribution is 2.19. The first-order chi connectivity index (χ1) is 9.18. The van der Waals surface area contributed by atoms with Crippen molar-refractivity contribution in [2.75, 3.05) is 19.8 Å². The number of H-pyrrole nitrogens is 1. The standard InChI is InChI=1S/C14H16N2O3/c17-13(16-8-14(18)5-7-19-9-14)11-2-1-3-12-10(11)4-6-15-12/h1-4,6,15,18H,5,7-9H2,(H,16,17)/t14-/m1/s1. The lowest BCUT2D eigenvalue weighted by Crippen LogP contribution is -2.43. The van der Waals surface area contributed by atoms with Crippen LogP contribution in [0.2, 0.25) is 0 Å². The molecule has 2 aromatic rings. The Bertz CT molecular complexity index is 600. The highest BCUT2D eigenvalue weighted by molar-refractivity contribution is 6.06. The normalized spacial score (nSPS) is 22.8. The van der Waals surface area contributed by atoms with Crippen LogP contribution in [-0.2, 0) is 4.74 Å². The fourth-order valence-electron chi connectivity index (χ4n) is 2.36. The maximum Gasteiger partial charge on any atom is 0.252 e. The molecule has 5 nitrogen and oxygen atoms in total. The maximum atomic E-state index is 12.2. The molecule has 1 aromatic heterocycles. The number of aromatic nitrogens is 1. The summed E-state index contributed by atoms with van der Waals surface area (Å²) in [4.78, 5) is 15.2. The van der Waals surface area contributed by atoms with Crippen LogP contribution in [0.5, 0.6) is 0 Å². The van der Waals surface area contributed by atoms with Gasteiger partial charge in [-0.2, -0.15) is 0 Å². The zero-order valence-electron chi connectivity index (χ0n) is 10.5. The van der Waals surface area contributed by atoms with Crippen LogP contribution in [0.1, 0.15) is 16.8 Å². The Labute approximate surface area is 110 Å². The van der Waals surface area contributed by atoms with Crippen LogP contribution in [0, 0.1) is 0 Å². The number of ether oxygens (including phenoxy) is 1. The second kappa shape index (κ2) is 4.68. The molecular formula is C14H16N2O3. The van der Waals surface area contributed by atoms with Crippen molar-refractivity contribution in [2.45, 2.75) is 12.0 Å². The summed E-state index contributed by atoms with van der Waals surface area (Å²) >= 11 is 0. The minimum Gasteiger partial charge on any atom is -0.386 e. The van der Waals surface area contributed by atoms with E-state index in [1.807, 2.05) is 18.2 Å². The minimum absolute atomic E-state index is 0.175. The third-order valence-electron chi connectivity index (χ3n) is 3.50. The van der Waals surface area contributed by atoms with E-state index in [1.165, 1.54) is 0 Å². The molecule has 1 aliphatic heterocycles. The van der Waals surface area contributed by atoms with Gasteiger partial charge in [0.05, 0.1) is 6.61 Å². The van der Waals surface area contributed by atoms with Crippen molar-refractivity contribution in [1.29, 1.82) is 0 Å². The molecule has 0 aliphatic carbocycles. The van der Waals surface area contributed by atoms with Gasteiger partial charge in [-0.05, 0) is 18.2 Å². The maximum absolute atomic E-state index is 12.2. The minimum atomic E-state index is -0.929. The largest absolute Gasteiger partial charge is 0.386 e. The van der Waals surface area contributed by atoms with Gasteiger partial charge >= 0.3 is 0 Å². The van der Waals surface area contributed by atoms with Crippen molar-refractivity contribution in [3.63, 3.8) is 0 Å². The third-order valence-corrected chi connectivity index (χ3v) is 3.50. The summed E-state index contributed by atoms with van der Waals surface area (Å²) in [5.41, 5.74) is 0.610. The van der Waals surface area contributed by atoms with Gasteiger partial charge in [-0.1, -0.05) is 6.07 Å². The highest BCUT2D eigenvalue weighted by atomic mass is 16.5. The number of aromatic amines is 1. The Kier molecular flexibility index (Phi) is 3.00. The van der Waals surface area contributed by atoms with Gasteiger partial charge in [-0.3, -0.25) is 4.79 Å². The van der Waals surface area contributed by atoms with E-state index in [0.29, 0.717) is 18.6 Å². The van der Waals surface area contributed by atoms with E-state index < -0.39 is 5.60 Å². The molecule has 3 N–H and O–H groups in total. The van der Waals surface area contributed by atoms with E-state index in [4.69, 9.17) is 4.74 Å². The van der Waals surface area contributed by atoms with Crippen LogP contribution in [0.25, 0.3) is 10.9 Å². The molecule has 2 heterocycles. The topological polar surface area (TPSA) is 74.3 Å². The molecule has 0 bridgehead atoms. The first-order valence-corrected chi connectivity index (χ1v) is 6.32. The van der Waals surface area contributed by atoms with Crippen LogP contribution in [0.15, 0.2) is 30.5 Å². The molecule has 1 fully saturated rings. The summed E-state index contributed by atoms with van der Waals surface area (Å²) in [7, 11) is 0. The van der Waals surface area contributed by atoms with E-state index in [0.717, 1.165) is 10.9 Å². The van der Waals surface area contributed by atoms with Crippen LogP contribution in [0.3, 0.4) is 0 Å². The van der Waals surface area contributed by atoms with Gasteiger partial charge in [0.1, 0.15) is 5.60 Å². The number of hydrogen-bond acceptors (Lipinski definition) is 3. The second-order valence-electron chi connectivity index (χ2n) is 4.95. The molecule has 0 radical (unpaired) electrons. The lowest BCUT2D eigenvalue weighted by atomic mass is 10.0. The number of aliphatic hydroxyl groups is 1. The van der Waals surface area contributed by atoms with E-state index in [9.17, 15) is 9.90 Å². The molecule has 19 heavy (non-hydrogen) atoms. The number of hydrogen-bond donors (Lipinski definition) is 3. The predicted molar refractivity (Wildman–Crippen MR) is 71.0 cm³/mol. The summed E-state index contributed by atoms with van der Waals surface area (Å²) in [6.45, 7) is 1.04. The molecule has 1 amide bonds. The molecular weight excluding hydrogens is 244 g/mol. The molecule has 0 unspecified atom stereocenters. The van der Waals surface area contributed by atoms with Gasteiger partial charge in [0.25, 0.3) is 5.91 Å². The van der Waals surface area contributed by atoms with Gasteiger partial charge in [-0.25, -0.2) is 0 Å². The van der Waals surface area contributed by atoms with Crippen LogP contribution >= 0.6 is 0 Å². The van der Waals surface area contributed by atoms with Gasteiger partial charge in [-0.15, -0.1) is 0 Å². The number of rotatable bonds is 3. The van der Waals surface area contributed by atoms with Crippen molar-refractivity contribution < 1.29 is 14.6 Å². The first-order valence-electron chi connectivity index (χ1n) is 6.32. The van der Waals surface area contributed by atoms with Crippen LogP contribution in [0.4, 0.5) is 0 Å². The van der Waals surface area contributed by atoms with Gasteiger partial charge < -0.3 is 20.1 Å². The van der Waals surface area contributed by atoms with Crippen molar-refractivity contribution in [1.82, 2.24) is 10.3 Å². The Morgan fingerprint density at radius 1 is 1.47 bits per heavy atom. The number of carbonyl (C=O) groups excluding carboxylic acids is 1. The fraction of sp³-hybridized carbons (Fsp3) is 0.357. The van der Waals surface area contributed by atoms with Crippen molar-refractivity contribution >= 4 is 16.8 Å². The van der Waals surface area contributed by atoms with Crippen molar-refractivity contribution in [3.8, 4) is 0 Å². The molecule has 3 rings (SSSR count). The number of amides is 1. The Morgan fingerprint density at radius 3 is 3.16 bits per heavy atom. The zero-order valence-corrected chi connectivity index (χ0v) is 10.5. The average Bonchev–Trinajstić information content (AvgIpc) is 3.04. The summed E-state index contributed by atoms with van der Waals surface area (Å²) in [5.74, 6) is -0.175. The number of benzene rings is 1. The SMILES string of the molecule is O=C(NC[C@]1(O)CCOC1)c1cccc2[nH]ccc12. The smallest absolute Gasteiger partial charge is 0.252 e. The molecule has 100 valence electrons. The second-order valence-corrected chi connectivity index (χ2v) is 4.95. The van der Waals surface area contributed by atoms with E-state index >= 15 is 0 Å². The summed E-state index contributed by atoms with van der Waals surface area (Å²) in [6.07, 6.45) is 2.36. The zero-order chi connectivity index (χ0) is 13.3. The third kappa shape index (κ3) is 2.34. The predicted octanol–water partition coefficient (Wildman–Crippen LogP) is 1.05. The van der Waals surface area contributed by atoms with Crippen molar-refractivity contribution in [3.05, 3.63) is 36.0 Å². The Hall–Kier alpha value is -1.85. The fourth-order valence-corrected chi connectivity index (χ4v) is 2.36. The summed E-state index contributed by atoms with van der Waals surface area (Å²) in [5, 5.41) is 13.8. The van der Waals surface area contributed by atoms with Crippen LogP contribution < -0.4 is 5.32 Å². The molecule has 1 aromatic carbocycles. The van der Waals surface area contributed by atoms with Gasteiger partial charge in [0, 0.05) is 42.2 Å². The summed E-state index contributed by atoms with van der Waals surface area (Å²) in [6, 6.07) is 7.41. The molecule has 1 saturated heterocycles. The van der Waals surface area contributed by atoms with Crippen molar-refractivity contribution in [2.24, 2.45) is 0 Å². The first kappa shape index (κ1) is 12.2. The lowest BCUT2D eigenvalue weighted by molar-refractivity contribution is 0.0265. The Balaban J connectivity index is 1.75. The monoisotopic (exact) mass is 260 g/mol. The molecule has 0 saturated carbocycles. The lowest BCUT2D eigenvalue weighted by Gasteiger charge is -2.20. The molecule has 0 spiro atoms. The van der Waals surface area contributed by atoms with E-state index in [2.05, 4.69) is 10.3 Å². The number of fused-ring (bicyclic) bond motifs is 1. The molecule has 5 heteroatoms.